The minimum absolute atomic E-state index is 0.282. The molecule has 0 atom stereocenters. The highest BCUT2D eigenvalue weighted by atomic mass is 16.5. The monoisotopic (exact) mass is 411 g/mol. The molecule has 1 aliphatic rings. The molecule has 1 saturated heterocycles. The first kappa shape index (κ1) is 21.6. The van der Waals surface area contributed by atoms with Crippen LogP contribution in [0.2, 0.25) is 0 Å². The van der Waals surface area contributed by atoms with Crippen molar-refractivity contribution in [3.8, 4) is 17.2 Å². The van der Waals surface area contributed by atoms with E-state index in [1.807, 2.05) is 13.0 Å². The lowest BCUT2D eigenvalue weighted by Crippen LogP contribution is -2.29. The van der Waals surface area contributed by atoms with Gasteiger partial charge in [0.25, 0.3) is 5.91 Å². The van der Waals surface area contributed by atoms with Crippen molar-refractivity contribution in [2.75, 3.05) is 27.3 Å². The summed E-state index contributed by atoms with van der Waals surface area (Å²) >= 11 is 0. The molecule has 1 amide bonds. The van der Waals surface area contributed by atoms with Gasteiger partial charge in [-0.25, -0.2) is 5.43 Å². The first-order chi connectivity index (χ1) is 14.5. The van der Waals surface area contributed by atoms with Crippen LogP contribution >= 0.6 is 0 Å². The highest BCUT2D eigenvalue weighted by Crippen LogP contribution is 2.24. The Morgan fingerprint density at radius 3 is 2.33 bits per heavy atom. The molecule has 1 aliphatic heterocycles. The smallest absolute Gasteiger partial charge is 0.271 e. The Balaban J connectivity index is 1.72. The van der Waals surface area contributed by atoms with Crippen molar-refractivity contribution in [3.63, 3.8) is 0 Å². The lowest BCUT2D eigenvalue weighted by Gasteiger charge is -2.26. The molecule has 0 aliphatic carbocycles. The fraction of sp³-hybridized carbons (Fsp3) is 0.391. The van der Waals surface area contributed by atoms with Crippen LogP contribution in [-0.4, -0.2) is 48.9 Å². The lowest BCUT2D eigenvalue weighted by atomic mass is 10.0. The number of hydrazone groups is 1. The third-order valence-electron chi connectivity index (χ3n) is 5.28. The van der Waals surface area contributed by atoms with Gasteiger partial charge in [0, 0.05) is 23.7 Å². The average Bonchev–Trinajstić information content (AvgIpc) is 2.78. The molecule has 1 heterocycles. The number of phenolic OH excluding ortho intramolecular Hbond substituents is 1. The van der Waals surface area contributed by atoms with E-state index in [0.29, 0.717) is 29.3 Å². The summed E-state index contributed by atoms with van der Waals surface area (Å²) in [6, 6.07) is 10.4. The van der Waals surface area contributed by atoms with Gasteiger partial charge in [0.2, 0.25) is 0 Å². The van der Waals surface area contributed by atoms with E-state index in [-0.39, 0.29) is 11.7 Å². The zero-order valence-electron chi connectivity index (χ0n) is 17.8. The molecule has 0 unspecified atom stereocenters. The fourth-order valence-electron chi connectivity index (χ4n) is 3.50. The molecule has 2 N–H and O–H groups in total. The van der Waals surface area contributed by atoms with E-state index in [4.69, 9.17) is 9.47 Å². The van der Waals surface area contributed by atoms with Crippen molar-refractivity contribution in [3.05, 3.63) is 53.1 Å². The number of aromatic hydroxyl groups is 1. The molecule has 2 aromatic carbocycles. The van der Waals surface area contributed by atoms with Crippen LogP contribution in [0.25, 0.3) is 0 Å². The highest BCUT2D eigenvalue weighted by Gasteiger charge is 2.14. The van der Waals surface area contributed by atoms with Crippen molar-refractivity contribution in [1.82, 2.24) is 10.3 Å². The Hall–Kier alpha value is -3.06. The van der Waals surface area contributed by atoms with Gasteiger partial charge in [0.1, 0.15) is 17.2 Å². The Morgan fingerprint density at radius 2 is 1.70 bits per heavy atom. The number of hydrogen-bond donors (Lipinski definition) is 2. The minimum Gasteiger partial charge on any atom is -0.508 e. The summed E-state index contributed by atoms with van der Waals surface area (Å²) in [7, 11) is 3.07. The molecular formula is C23H29N3O4. The number of piperidine rings is 1. The zero-order chi connectivity index (χ0) is 21.5. The maximum atomic E-state index is 12.5. The number of nitrogens with zero attached hydrogens (tertiary/aromatic N) is 2. The second-order valence-corrected chi connectivity index (χ2v) is 7.42. The van der Waals surface area contributed by atoms with E-state index >= 15 is 0 Å². The van der Waals surface area contributed by atoms with Crippen molar-refractivity contribution >= 4 is 11.6 Å². The number of amides is 1. The van der Waals surface area contributed by atoms with Gasteiger partial charge in [-0.15, -0.1) is 0 Å². The number of phenols is 1. The van der Waals surface area contributed by atoms with Crippen LogP contribution in [-0.2, 0) is 6.54 Å². The summed E-state index contributed by atoms with van der Waals surface area (Å²) in [5.41, 5.74) is 5.34. The molecule has 2 aromatic rings. The van der Waals surface area contributed by atoms with Crippen LogP contribution in [0.15, 0.2) is 41.5 Å². The maximum absolute atomic E-state index is 12.5. The molecule has 0 saturated carbocycles. The molecule has 1 fully saturated rings. The lowest BCUT2D eigenvalue weighted by molar-refractivity contribution is 0.0954. The van der Waals surface area contributed by atoms with E-state index in [1.165, 1.54) is 33.5 Å². The van der Waals surface area contributed by atoms with Gasteiger partial charge >= 0.3 is 0 Å². The molecule has 3 rings (SSSR count). The maximum Gasteiger partial charge on any atom is 0.271 e. The van der Waals surface area contributed by atoms with Gasteiger partial charge in [0.05, 0.1) is 19.9 Å². The molecular weight excluding hydrogens is 382 g/mol. The van der Waals surface area contributed by atoms with Gasteiger partial charge in [0.15, 0.2) is 0 Å². The summed E-state index contributed by atoms with van der Waals surface area (Å²) in [6.45, 7) is 4.64. The van der Waals surface area contributed by atoms with Crippen molar-refractivity contribution in [2.24, 2.45) is 5.10 Å². The number of hydrogen-bond acceptors (Lipinski definition) is 6. The number of benzene rings is 2. The average molecular weight is 412 g/mol. The zero-order valence-corrected chi connectivity index (χ0v) is 17.8. The molecule has 30 heavy (non-hydrogen) atoms. The molecule has 0 bridgehead atoms. The van der Waals surface area contributed by atoms with Gasteiger partial charge in [-0.2, -0.15) is 5.10 Å². The van der Waals surface area contributed by atoms with Crippen LogP contribution in [0.5, 0.6) is 17.2 Å². The highest BCUT2D eigenvalue weighted by molar-refractivity contribution is 6.01. The summed E-state index contributed by atoms with van der Waals surface area (Å²) in [6.07, 6.45) is 3.66. The van der Waals surface area contributed by atoms with Crippen LogP contribution in [0.4, 0.5) is 0 Å². The van der Waals surface area contributed by atoms with Crippen LogP contribution < -0.4 is 14.9 Å². The number of likely N-dealkylation sites (tertiary alicyclic amines) is 1. The van der Waals surface area contributed by atoms with Gasteiger partial charge < -0.3 is 14.6 Å². The Kier molecular flexibility index (Phi) is 7.30. The van der Waals surface area contributed by atoms with Crippen LogP contribution in [0.1, 0.15) is 47.7 Å². The molecule has 0 aromatic heterocycles. The first-order valence-electron chi connectivity index (χ1n) is 10.1. The summed E-state index contributed by atoms with van der Waals surface area (Å²) in [4.78, 5) is 14.9. The summed E-state index contributed by atoms with van der Waals surface area (Å²) < 4.78 is 10.4. The number of methoxy groups -OCH3 is 2. The topological polar surface area (TPSA) is 83.4 Å². The summed E-state index contributed by atoms with van der Waals surface area (Å²) in [5, 5.41) is 14.5. The summed E-state index contributed by atoms with van der Waals surface area (Å²) in [5.74, 6) is 0.977. The van der Waals surface area contributed by atoms with Gasteiger partial charge in [-0.05, 0) is 68.8 Å². The quantitative estimate of drug-likeness (QED) is 0.538. The van der Waals surface area contributed by atoms with E-state index in [1.54, 1.807) is 30.3 Å². The van der Waals surface area contributed by atoms with Crippen LogP contribution in [0, 0.1) is 0 Å². The molecule has 0 spiro atoms. The number of nitrogens with one attached hydrogen (secondary N) is 1. The minimum atomic E-state index is -0.362. The van der Waals surface area contributed by atoms with E-state index in [2.05, 4.69) is 15.4 Å². The Morgan fingerprint density at radius 1 is 1.03 bits per heavy atom. The van der Waals surface area contributed by atoms with Crippen LogP contribution in [0.3, 0.4) is 0 Å². The fourth-order valence-corrected chi connectivity index (χ4v) is 3.50. The molecule has 7 nitrogen and oxygen atoms in total. The predicted octanol–water partition coefficient (Wildman–Crippen LogP) is 3.55. The Bertz CT molecular complexity index is 898. The first-order valence-corrected chi connectivity index (χ1v) is 10.1. The number of carbonyl (C=O) groups is 1. The second-order valence-electron chi connectivity index (χ2n) is 7.42. The SMILES string of the molecule is COc1cc(OC)cc(C(=O)N/N=C(\C)c2ccc(O)c(CN3CCCCC3)c2)c1. The molecule has 0 radical (unpaired) electrons. The van der Waals surface area contributed by atoms with E-state index in [0.717, 1.165) is 24.2 Å². The molecule has 160 valence electrons. The number of ether oxygens (including phenoxy) is 2. The standard InChI is InChI=1S/C23H29N3O4/c1-16(24-25-23(28)18-12-20(29-2)14-21(13-18)30-3)17-7-8-22(27)19(11-17)15-26-9-5-4-6-10-26/h7-8,11-14,27H,4-6,9-10,15H2,1-3H3,(H,25,28)/b24-16+. The van der Waals surface area contributed by atoms with E-state index in [9.17, 15) is 9.90 Å². The largest absolute Gasteiger partial charge is 0.508 e. The van der Waals surface area contributed by atoms with Gasteiger partial charge in [-0.3, -0.25) is 9.69 Å². The van der Waals surface area contributed by atoms with Crippen molar-refractivity contribution < 1.29 is 19.4 Å². The predicted molar refractivity (Wildman–Crippen MR) is 116 cm³/mol. The van der Waals surface area contributed by atoms with Crippen molar-refractivity contribution in [1.29, 1.82) is 0 Å². The third kappa shape index (κ3) is 5.51. The number of carbonyl (C=O) groups excluding carboxylic acids is 1. The normalized spacial score (nSPS) is 15.0. The van der Waals surface area contributed by atoms with Gasteiger partial charge in [-0.1, -0.05) is 6.42 Å². The third-order valence-corrected chi connectivity index (χ3v) is 5.28. The van der Waals surface area contributed by atoms with Crippen molar-refractivity contribution in [2.45, 2.75) is 32.7 Å². The molecule has 7 heteroatoms. The second kappa shape index (κ2) is 10.1. The van der Waals surface area contributed by atoms with E-state index < -0.39 is 0 Å². The Labute approximate surface area is 177 Å². The number of rotatable bonds is 7.